The predicted molar refractivity (Wildman–Crippen MR) is 64.0 cm³/mol. The number of methoxy groups -OCH3 is 1. The molecule has 0 aromatic carbocycles. The monoisotopic (exact) mass is 223 g/mol. The Labute approximate surface area is 97.5 Å². The molecular weight excluding hydrogens is 202 g/mol. The number of hydrogen-bond donors (Lipinski definition) is 1. The molecule has 0 spiro atoms. The predicted octanol–water partition coefficient (Wildman–Crippen LogP) is 2.07. The van der Waals surface area contributed by atoms with Crippen LogP contribution in [-0.4, -0.2) is 23.1 Å². The fraction of sp³-hybridized carbons (Fsp3) is 0.667. The lowest BCUT2D eigenvalue weighted by atomic mass is 10.2. The van der Waals surface area contributed by atoms with E-state index < -0.39 is 0 Å². The highest BCUT2D eigenvalue weighted by Crippen LogP contribution is 2.15. The van der Waals surface area contributed by atoms with Gasteiger partial charge >= 0.3 is 0 Å². The lowest BCUT2D eigenvalue weighted by Crippen LogP contribution is -2.22. The topological polar surface area (TPSA) is 47.0 Å². The Balaban J connectivity index is 2.60. The van der Waals surface area contributed by atoms with E-state index in [2.05, 4.69) is 36.1 Å². The van der Waals surface area contributed by atoms with Crippen molar-refractivity contribution in [3.05, 3.63) is 23.8 Å². The van der Waals surface area contributed by atoms with E-state index in [1.165, 1.54) is 0 Å². The van der Waals surface area contributed by atoms with Gasteiger partial charge in [0, 0.05) is 37.7 Å². The van der Waals surface area contributed by atoms with Crippen molar-refractivity contribution in [1.29, 1.82) is 0 Å². The van der Waals surface area contributed by atoms with Gasteiger partial charge in [-0.2, -0.15) is 0 Å². The maximum Gasteiger partial charge on any atom is 0.157 e. The molecular formula is C12H21N3O. The van der Waals surface area contributed by atoms with Gasteiger partial charge in [-0.1, -0.05) is 20.8 Å². The van der Waals surface area contributed by atoms with Crippen molar-refractivity contribution in [2.75, 3.05) is 7.11 Å². The van der Waals surface area contributed by atoms with Gasteiger partial charge in [-0.05, 0) is 6.42 Å². The van der Waals surface area contributed by atoms with Crippen LogP contribution in [0.1, 0.15) is 44.7 Å². The van der Waals surface area contributed by atoms with Crippen LogP contribution < -0.4 is 5.32 Å². The second kappa shape index (κ2) is 6.55. The third-order valence-corrected chi connectivity index (χ3v) is 2.38. The molecule has 0 amide bonds. The largest absolute Gasteiger partial charge is 0.373 e. The molecule has 0 aliphatic rings. The van der Waals surface area contributed by atoms with Crippen LogP contribution in [0.2, 0.25) is 0 Å². The first-order chi connectivity index (χ1) is 7.67. The molecule has 1 rings (SSSR count). The zero-order valence-electron chi connectivity index (χ0n) is 10.5. The molecule has 0 aliphatic carbocycles. The van der Waals surface area contributed by atoms with Crippen LogP contribution in [0.3, 0.4) is 0 Å². The third-order valence-electron chi connectivity index (χ3n) is 2.38. The fourth-order valence-corrected chi connectivity index (χ4v) is 1.40. The molecule has 0 bridgehead atoms. The van der Waals surface area contributed by atoms with Crippen molar-refractivity contribution in [2.45, 2.75) is 45.9 Å². The second-order valence-corrected chi connectivity index (χ2v) is 4.12. The number of aromatic nitrogens is 2. The van der Waals surface area contributed by atoms with Crippen molar-refractivity contribution in [1.82, 2.24) is 15.3 Å². The summed E-state index contributed by atoms with van der Waals surface area (Å²) in [4.78, 5) is 8.65. The van der Waals surface area contributed by atoms with Crippen LogP contribution in [0.4, 0.5) is 0 Å². The summed E-state index contributed by atoms with van der Waals surface area (Å²) in [5.74, 6) is 0.762. The molecule has 4 heteroatoms. The number of nitrogens with zero attached hydrogens (tertiary/aromatic N) is 2. The van der Waals surface area contributed by atoms with E-state index in [1.807, 2.05) is 12.4 Å². The Morgan fingerprint density at radius 2 is 1.94 bits per heavy atom. The molecule has 16 heavy (non-hydrogen) atoms. The van der Waals surface area contributed by atoms with Gasteiger partial charge in [-0.15, -0.1) is 0 Å². The smallest absolute Gasteiger partial charge is 0.157 e. The Bertz CT molecular complexity index is 294. The second-order valence-electron chi connectivity index (χ2n) is 4.12. The highest BCUT2D eigenvalue weighted by atomic mass is 16.5. The minimum Gasteiger partial charge on any atom is -0.373 e. The SMILES string of the molecule is CCC(OC)c1ncc(CNC(C)C)cn1. The summed E-state index contributed by atoms with van der Waals surface area (Å²) < 4.78 is 5.28. The first kappa shape index (κ1) is 13.1. The van der Waals surface area contributed by atoms with Crippen LogP contribution >= 0.6 is 0 Å². The van der Waals surface area contributed by atoms with E-state index >= 15 is 0 Å². The highest BCUT2D eigenvalue weighted by molar-refractivity contribution is 5.06. The van der Waals surface area contributed by atoms with Gasteiger partial charge < -0.3 is 10.1 Å². The summed E-state index contributed by atoms with van der Waals surface area (Å²) in [5, 5.41) is 3.33. The zero-order valence-corrected chi connectivity index (χ0v) is 10.5. The van der Waals surface area contributed by atoms with E-state index in [-0.39, 0.29) is 6.10 Å². The molecule has 1 unspecified atom stereocenters. The molecule has 1 aromatic rings. The summed E-state index contributed by atoms with van der Waals surface area (Å²) in [6, 6.07) is 0.474. The molecule has 1 heterocycles. The van der Waals surface area contributed by atoms with E-state index in [9.17, 15) is 0 Å². The number of rotatable bonds is 6. The standard InChI is InChI=1S/C12H21N3O/c1-5-11(16-4)12-14-7-10(8-15-12)6-13-9(2)3/h7-9,11,13H,5-6H2,1-4H3. The average Bonchev–Trinajstić information content (AvgIpc) is 2.29. The van der Waals surface area contributed by atoms with Crippen molar-refractivity contribution in [3.8, 4) is 0 Å². The normalized spacial score (nSPS) is 13.1. The Morgan fingerprint density at radius 3 is 2.38 bits per heavy atom. The summed E-state index contributed by atoms with van der Waals surface area (Å²) in [6.07, 6.45) is 4.62. The van der Waals surface area contributed by atoms with E-state index in [0.717, 1.165) is 24.4 Å². The van der Waals surface area contributed by atoms with Crippen LogP contribution in [0.15, 0.2) is 12.4 Å². The summed E-state index contributed by atoms with van der Waals surface area (Å²) in [6.45, 7) is 7.11. The molecule has 1 atom stereocenters. The average molecular weight is 223 g/mol. The van der Waals surface area contributed by atoms with Crippen molar-refractivity contribution in [2.24, 2.45) is 0 Å². The van der Waals surface area contributed by atoms with Gasteiger partial charge in [0.05, 0.1) is 0 Å². The Hall–Kier alpha value is -1.00. The number of ether oxygens (including phenoxy) is 1. The Morgan fingerprint density at radius 1 is 1.31 bits per heavy atom. The van der Waals surface area contributed by atoms with E-state index in [0.29, 0.717) is 6.04 Å². The molecule has 0 saturated heterocycles. The molecule has 0 fully saturated rings. The van der Waals surface area contributed by atoms with Crippen molar-refractivity contribution >= 4 is 0 Å². The minimum absolute atomic E-state index is 0.00658. The van der Waals surface area contributed by atoms with Crippen LogP contribution in [0.5, 0.6) is 0 Å². The highest BCUT2D eigenvalue weighted by Gasteiger charge is 2.10. The number of nitrogens with one attached hydrogen (secondary N) is 1. The molecule has 4 nitrogen and oxygen atoms in total. The van der Waals surface area contributed by atoms with Gasteiger partial charge in [-0.25, -0.2) is 9.97 Å². The maximum absolute atomic E-state index is 5.28. The lowest BCUT2D eigenvalue weighted by Gasteiger charge is -2.12. The van der Waals surface area contributed by atoms with E-state index in [1.54, 1.807) is 7.11 Å². The van der Waals surface area contributed by atoms with Gasteiger partial charge in [0.1, 0.15) is 6.10 Å². The molecule has 0 saturated carbocycles. The van der Waals surface area contributed by atoms with Gasteiger partial charge in [0.15, 0.2) is 5.82 Å². The van der Waals surface area contributed by atoms with Crippen molar-refractivity contribution in [3.63, 3.8) is 0 Å². The summed E-state index contributed by atoms with van der Waals surface area (Å²) in [7, 11) is 1.69. The fourth-order valence-electron chi connectivity index (χ4n) is 1.40. The lowest BCUT2D eigenvalue weighted by molar-refractivity contribution is 0.0925. The molecule has 0 aliphatic heterocycles. The molecule has 0 radical (unpaired) electrons. The van der Waals surface area contributed by atoms with Gasteiger partial charge in [0.2, 0.25) is 0 Å². The van der Waals surface area contributed by atoms with Gasteiger partial charge in [-0.3, -0.25) is 0 Å². The van der Waals surface area contributed by atoms with Crippen LogP contribution in [-0.2, 0) is 11.3 Å². The van der Waals surface area contributed by atoms with Crippen molar-refractivity contribution < 1.29 is 4.74 Å². The molecule has 90 valence electrons. The maximum atomic E-state index is 5.28. The summed E-state index contributed by atoms with van der Waals surface area (Å²) in [5.41, 5.74) is 1.10. The summed E-state index contributed by atoms with van der Waals surface area (Å²) >= 11 is 0. The quantitative estimate of drug-likeness (QED) is 0.802. The minimum atomic E-state index is 0.00658. The van der Waals surface area contributed by atoms with Gasteiger partial charge in [0.25, 0.3) is 0 Å². The van der Waals surface area contributed by atoms with E-state index in [4.69, 9.17) is 4.74 Å². The van der Waals surface area contributed by atoms with Crippen LogP contribution in [0, 0.1) is 0 Å². The zero-order chi connectivity index (χ0) is 12.0. The number of hydrogen-bond acceptors (Lipinski definition) is 4. The molecule has 1 N–H and O–H groups in total. The first-order valence-electron chi connectivity index (χ1n) is 5.74. The first-order valence-corrected chi connectivity index (χ1v) is 5.74. The van der Waals surface area contributed by atoms with Crippen LogP contribution in [0.25, 0.3) is 0 Å². The third kappa shape index (κ3) is 3.87. The molecule has 1 aromatic heterocycles. The Kier molecular flexibility index (Phi) is 5.35.